The van der Waals surface area contributed by atoms with E-state index in [2.05, 4.69) is 35.5 Å². The van der Waals surface area contributed by atoms with Gasteiger partial charge >= 0.3 is 0 Å². The average molecular weight is 541 g/mol. The first kappa shape index (κ1) is 38.0. The minimum absolute atomic E-state index is 0.123. The molecule has 2 fully saturated rings. The van der Waals surface area contributed by atoms with Gasteiger partial charge in [0.15, 0.2) is 0 Å². The number of hydrogen-bond acceptors (Lipinski definition) is 4. The predicted molar refractivity (Wildman–Crippen MR) is 158 cm³/mol. The van der Waals surface area contributed by atoms with Gasteiger partial charge in [0.1, 0.15) is 0 Å². The highest BCUT2D eigenvalue weighted by atomic mass is 16.2. The molecule has 2 heterocycles. The summed E-state index contributed by atoms with van der Waals surface area (Å²) in [6, 6.07) is 0. The average Bonchev–Trinajstić information content (AvgIpc) is 3.16. The number of rotatable bonds is 8. The Balaban J connectivity index is 0. The van der Waals surface area contributed by atoms with Crippen molar-refractivity contribution in [3.8, 4) is 0 Å². The zero-order valence-corrected chi connectivity index (χ0v) is 24.8. The highest BCUT2D eigenvalue weighted by Crippen LogP contribution is 2.09. The number of hydrogen-bond donors (Lipinski definition) is 4. The fourth-order valence-corrected chi connectivity index (χ4v) is 4.09. The van der Waals surface area contributed by atoms with E-state index in [1.54, 1.807) is 0 Å². The number of carbonyl (C=O) groups is 4. The summed E-state index contributed by atoms with van der Waals surface area (Å²) < 4.78 is 0. The second kappa shape index (κ2) is 32.9. The lowest BCUT2D eigenvalue weighted by Crippen LogP contribution is -2.26. The van der Waals surface area contributed by atoms with Gasteiger partial charge in [0.25, 0.3) is 0 Å². The van der Waals surface area contributed by atoms with E-state index in [0.717, 1.165) is 77.4 Å². The van der Waals surface area contributed by atoms with E-state index in [1.807, 2.05) is 0 Å². The molecule has 224 valence electrons. The molecule has 8 nitrogen and oxygen atoms in total. The highest BCUT2D eigenvalue weighted by molar-refractivity contribution is 5.77. The van der Waals surface area contributed by atoms with E-state index < -0.39 is 0 Å². The van der Waals surface area contributed by atoms with Crippen LogP contribution in [0.25, 0.3) is 0 Å². The van der Waals surface area contributed by atoms with E-state index in [0.29, 0.717) is 12.8 Å². The van der Waals surface area contributed by atoms with Crippen LogP contribution in [-0.4, -0.2) is 43.8 Å². The maximum Gasteiger partial charge on any atom is 0.219 e. The van der Waals surface area contributed by atoms with Gasteiger partial charge in [0.05, 0.1) is 0 Å². The monoisotopic (exact) mass is 540 g/mol. The lowest BCUT2D eigenvalue weighted by molar-refractivity contribution is -0.123. The molecule has 0 aromatic carbocycles. The first-order chi connectivity index (χ1) is 18.5. The lowest BCUT2D eigenvalue weighted by Gasteiger charge is -2.08. The van der Waals surface area contributed by atoms with Crippen LogP contribution in [0.2, 0.25) is 0 Å². The van der Waals surface area contributed by atoms with Crippen LogP contribution >= 0.6 is 0 Å². The van der Waals surface area contributed by atoms with E-state index >= 15 is 0 Å². The number of unbranched alkanes of at least 4 members (excludes halogenated alkanes) is 8. The van der Waals surface area contributed by atoms with Crippen molar-refractivity contribution in [2.24, 2.45) is 5.73 Å². The number of carbonyl (C=O) groups excluding carboxylic acids is 4. The topological polar surface area (TPSA) is 130 Å². The second-order valence-corrected chi connectivity index (χ2v) is 10.1. The summed E-state index contributed by atoms with van der Waals surface area (Å²) >= 11 is 0. The summed E-state index contributed by atoms with van der Waals surface area (Å²) in [6.07, 6.45) is 24.4. The van der Waals surface area contributed by atoms with Crippen LogP contribution in [0, 0.1) is 0 Å². The molecule has 4 amide bonds. The summed E-state index contributed by atoms with van der Waals surface area (Å²) in [5.74, 6) is 0.470. The second-order valence-electron chi connectivity index (χ2n) is 10.1. The highest BCUT2D eigenvalue weighted by Gasteiger charge is 2.05. The molecule has 0 aromatic heterocycles. The molecule has 0 spiro atoms. The SMILES string of the molecule is CCCCCCCCCCC.NC=O.O=C1CCCCC(=O)NCCCCCCN1.O=C1CCCCCN1. The van der Waals surface area contributed by atoms with Crippen LogP contribution in [0.3, 0.4) is 0 Å². The van der Waals surface area contributed by atoms with Crippen LogP contribution < -0.4 is 21.7 Å². The van der Waals surface area contributed by atoms with Crippen molar-refractivity contribution < 1.29 is 19.2 Å². The minimum atomic E-state index is 0.123. The molecular formula is C30H60N4O4. The van der Waals surface area contributed by atoms with E-state index in [-0.39, 0.29) is 24.1 Å². The fraction of sp³-hybridized carbons (Fsp3) is 0.867. The maximum atomic E-state index is 11.3. The first-order valence-electron chi connectivity index (χ1n) is 15.5. The van der Waals surface area contributed by atoms with Gasteiger partial charge in [0, 0.05) is 38.9 Å². The molecule has 0 atom stereocenters. The smallest absolute Gasteiger partial charge is 0.219 e. The van der Waals surface area contributed by atoms with E-state index in [1.165, 1.54) is 64.2 Å². The summed E-state index contributed by atoms with van der Waals surface area (Å²) in [4.78, 5) is 41.8. The van der Waals surface area contributed by atoms with Crippen LogP contribution in [-0.2, 0) is 19.2 Å². The summed E-state index contributed by atoms with van der Waals surface area (Å²) in [5, 5.41) is 8.62. The lowest BCUT2D eigenvalue weighted by atomic mass is 10.1. The molecule has 2 rings (SSSR count). The number of amides is 4. The van der Waals surface area contributed by atoms with Crippen molar-refractivity contribution in [2.75, 3.05) is 19.6 Å². The Labute approximate surface area is 233 Å². The Hall–Kier alpha value is -2.12. The molecule has 5 N–H and O–H groups in total. The van der Waals surface area contributed by atoms with Crippen molar-refractivity contribution in [2.45, 2.75) is 149 Å². The van der Waals surface area contributed by atoms with Crippen LogP contribution in [0.4, 0.5) is 0 Å². The van der Waals surface area contributed by atoms with Crippen molar-refractivity contribution >= 4 is 24.1 Å². The Bertz CT molecular complexity index is 516. The molecule has 2 aliphatic heterocycles. The van der Waals surface area contributed by atoms with Crippen molar-refractivity contribution in [1.82, 2.24) is 16.0 Å². The molecular weight excluding hydrogens is 480 g/mol. The molecule has 0 aromatic rings. The van der Waals surface area contributed by atoms with Gasteiger partial charge in [-0.2, -0.15) is 0 Å². The molecule has 0 bridgehead atoms. The van der Waals surface area contributed by atoms with Crippen LogP contribution in [0.1, 0.15) is 149 Å². The molecule has 2 saturated heterocycles. The van der Waals surface area contributed by atoms with E-state index in [4.69, 9.17) is 4.79 Å². The van der Waals surface area contributed by atoms with Gasteiger partial charge in [-0.15, -0.1) is 0 Å². The number of primary amides is 1. The van der Waals surface area contributed by atoms with Crippen LogP contribution in [0.5, 0.6) is 0 Å². The van der Waals surface area contributed by atoms with Crippen LogP contribution in [0.15, 0.2) is 0 Å². The number of nitrogens with two attached hydrogens (primary N) is 1. The molecule has 0 radical (unpaired) electrons. The summed E-state index contributed by atoms with van der Waals surface area (Å²) in [5.41, 5.74) is 4.17. The molecule has 8 heteroatoms. The third-order valence-corrected chi connectivity index (χ3v) is 6.42. The standard InChI is InChI=1S/C12H22N2O2.C11H24.C6H11NO.CH3NO/c15-11-7-3-4-8-12(16)14-10-6-2-1-5-9-13-11;1-3-5-7-9-11-10-8-6-4-2;8-6-4-2-1-3-5-7-6;2-1-3/h1-10H2,(H,13,15)(H,14,16);3-11H2,1-2H3;1-5H2,(H,7,8);1H,(H2,2,3). The van der Waals surface area contributed by atoms with Crippen molar-refractivity contribution in [3.05, 3.63) is 0 Å². The maximum absolute atomic E-state index is 11.3. The molecule has 38 heavy (non-hydrogen) atoms. The zero-order valence-electron chi connectivity index (χ0n) is 24.8. The minimum Gasteiger partial charge on any atom is -0.372 e. The Kier molecular flexibility index (Phi) is 32.9. The fourth-order valence-electron chi connectivity index (χ4n) is 4.09. The van der Waals surface area contributed by atoms with Gasteiger partial charge in [-0.05, 0) is 38.5 Å². The largest absolute Gasteiger partial charge is 0.372 e. The summed E-state index contributed by atoms with van der Waals surface area (Å²) in [6.45, 7) is 7.03. The third kappa shape index (κ3) is 33.9. The van der Waals surface area contributed by atoms with Crippen molar-refractivity contribution in [3.63, 3.8) is 0 Å². The Morgan fingerprint density at radius 2 is 0.789 bits per heavy atom. The van der Waals surface area contributed by atoms with Crippen molar-refractivity contribution in [1.29, 1.82) is 0 Å². The quantitative estimate of drug-likeness (QED) is 0.233. The van der Waals surface area contributed by atoms with Gasteiger partial charge in [0.2, 0.25) is 24.1 Å². The molecule has 0 unspecified atom stereocenters. The Morgan fingerprint density at radius 1 is 0.526 bits per heavy atom. The summed E-state index contributed by atoms with van der Waals surface area (Å²) in [7, 11) is 0. The normalized spacial score (nSPS) is 17.1. The first-order valence-corrected chi connectivity index (χ1v) is 15.5. The number of nitrogens with one attached hydrogen (secondary N) is 3. The third-order valence-electron chi connectivity index (χ3n) is 6.42. The van der Waals surface area contributed by atoms with Gasteiger partial charge in [-0.25, -0.2) is 0 Å². The predicted octanol–water partition coefficient (Wildman–Crippen LogP) is 5.67. The Morgan fingerprint density at radius 3 is 1.11 bits per heavy atom. The van der Waals surface area contributed by atoms with Gasteiger partial charge < -0.3 is 21.7 Å². The van der Waals surface area contributed by atoms with E-state index in [9.17, 15) is 14.4 Å². The zero-order chi connectivity index (χ0) is 28.5. The molecule has 2 aliphatic rings. The molecule has 0 saturated carbocycles. The molecule has 0 aliphatic carbocycles. The van der Waals surface area contributed by atoms with Gasteiger partial charge in [-0.3, -0.25) is 19.2 Å². The van der Waals surface area contributed by atoms with Gasteiger partial charge in [-0.1, -0.05) is 90.9 Å².